The summed E-state index contributed by atoms with van der Waals surface area (Å²) in [7, 11) is 0. The highest BCUT2D eigenvalue weighted by Gasteiger charge is 2.34. The van der Waals surface area contributed by atoms with E-state index in [0.717, 1.165) is 5.56 Å². The van der Waals surface area contributed by atoms with Gasteiger partial charge in [-0.25, -0.2) is 4.39 Å². The van der Waals surface area contributed by atoms with E-state index in [1.165, 1.54) is 12.1 Å². The summed E-state index contributed by atoms with van der Waals surface area (Å²) in [6, 6.07) is 5.45. The average molecular weight is 238 g/mol. The van der Waals surface area contributed by atoms with Crippen molar-refractivity contribution in [3.05, 3.63) is 35.6 Å². The molecule has 2 atom stereocenters. The van der Waals surface area contributed by atoms with Crippen molar-refractivity contribution in [2.75, 3.05) is 6.54 Å². The van der Waals surface area contributed by atoms with Crippen molar-refractivity contribution >= 4 is 5.97 Å². The number of nitrogens with zero attached hydrogens (tertiary/aromatic N) is 1. The molecular formula is C12H15FN2O2. The van der Waals surface area contributed by atoms with E-state index in [1.807, 2.05) is 4.90 Å². The molecule has 1 aromatic carbocycles. The number of rotatable bonds is 3. The van der Waals surface area contributed by atoms with Gasteiger partial charge in [-0.1, -0.05) is 12.1 Å². The van der Waals surface area contributed by atoms with Crippen LogP contribution >= 0.6 is 0 Å². The zero-order valence-corrected chi connectivity index (χ0v) is 9.34. The van der Waals surface area contributed by atoms with Crippen LogP contribution in [0.4, 0.5) is 4.39 Å². The van der Waals surface area contributed by atoms with Gasteiger partial charge >= 0.3 is 5.97 Å². The van der Waals surface area contributed by atoms with Gasteiger partial charge in [-0.2, -0.15) is 0 Å². The fourth-order valence-corrected chi connectivity index (χ4v) is 2.19. The first-order chi connectivity index (χ1) is 8.06. The fraction of sp³-hybridized carbons (Fsp3) is 0.417. The summed E-state index contributed by atoms with van der Waals surface area (Å²) in [6.07, 6.45) is 0.469. The quantitative estimate of drug-likeness (QED) is 0.818. The molecule has 2 rings (SSSR count). The molecule has 1 aliphatic heterocycles. The predicted octanol–water partition coefficient (Wildman–Crippen LogP) is 0.812. The SMILES string of the molecule is NC1CC(C(=O)O)N(Cc2ccc(F)cc2)C1. The van der Waals surface area contributed by atoms with Crippen molar-refractivity contribution in [3.8, 4) is 0 Å². The van der Waals surface area contributed by atoms with Crippen LogP contribution in [0.15, 0.2) is 24.3 Å². The lowest BCUT2D eigenvalue weighted by Crippen LogP contribution is -2.35. The van der Waals surface area contributed by atoms with Gasteiger partial charge in [0, 0.05) is 19.1 Å². The van der Waals surface area contributed by atoms with Crippen LogP contribution in [0.1, 0.15) is 12.0 Å². The zero-order valence-electron chi connectivity index (χ0n) is 9.34. The Morgan fingerprint density at radius 2 is 2.12 bits per heavy atom. The summed E-state index contributed by atoms with van der Waals surface area (Å²) in [5, 5.41) is 9.07. The van der Waals surface area contributed by atoms with Crippen molar-refractivity contribution in [3.63, 3.8) is 0 Å². The van der Waals surface area contributed by atoms with E-state index < -0.39 is 12.0 Å². The Morgan fingerprint density at radius 3 is 2.71 bits per heavy atom. The Hall–Kier alpha value is -1.46. The van der Waals surface area contributed by atoms with Crippen LogP contribution in [-0.2, 0) is 11.3 Å². The molecule has 92 valence electrons. The second kappa shape index (κ2) is 4.81. The molecule has 1 heterocycles. The predicted molar refractivity (Wildman–Crippen MR) is 60.8 cm³/mol. The lowest BCUT2D eigenvalue weighted by molar-refractivity contribution is -0.142. The number of hydrogen-bond donors (Lipinski definition) is 2. The van der Waals surface area contributed by atoms with Gasteiger partial charge < -0.3 is 10.8 Å². The van der Waals surface area contributed by atoms with Crippen LogP contribution in [0.3, 0.4) is 0 Å². The lowest BCUT2D eigenvalue weighted by atomic mass is 10.1. The lowest BCUT2D eigenvalue weighted by Gasteiger charge is -2.20. The van der Waals surface area contributed by atoms with Crippen LogP contribution in [0.2, 0.25) is 0 Å². The van der Waals surface area contributed by atoms with Crippen molar-refractivity contribution < 1.29 is 14.3 Å². The number of carboxylic acid groups (broad SMARTS) is 1. The highest BCUT2D eigenvalue weighted by Crippen LogP contribution is 2.19. The molecule has 17 heavy (non-hydrogen) atoms. The highest BCUT2D eigenvalue weighted by molar-refractivity contribution is 5.74. The number of likely N-dealkylation sites (tertiary alicyclic amines) is 1. The monoisotopic (exact) mass is 238 g/mol. The van der Waals surface area contributed by atoms with Crippen LogP contribution in [0.5, 0.6) is 0 Å². The third-order valence-electron chi connectivity index (χ3n) is 3.02. The molecular weight excluding hydrogens is 223 g/mol. The normalized spacial score (nSPS) is 25.1. The highest BCUT2D eigenvalue weighted by atomic mass is 19.1. The second-order valence-electron chi connectivity index (χ2n) is 4.41. The van der Waals surface area contributed by atoms with Crippen LogP contribution in [0.25, 0.3) is 0 Å². The smallest absolute Gasteiger partial charge is 0.320 e. The van der Waals surface area contributed by atoms with Crippen LogP contribution in [0, 0.1) is 5.82 Å². The molecule has 4 nitrogen and oxygen atoms in total. The third-order valence-corrected chi connectivity index (χ3v) is 3.02. The van der Waals surface area contributed by atoms with Gasteiger partial charge in [0.05, 0.1) is 0 Å². The third kappa shape index (κ3) is 2.81. The molecule has 0 saturated carbocycles. The summed E-state index contributed by atoms with van der Waals surface area (Å²) in [6.45, 7) is 1.05. The molecule has 3 N–H and O–H groups in total. The van der Waals surface area contributed by atoms with Crippen molar-refractivity contribution in [1.82, 2.24) is 4.90 Å². The van der Waals surface area contributed by atoms with Gasteiger partial charge in [-0.3, -0.25) is 9.69 Å². The van der Waals surface area contributed by atoms with Crippen molar-refractivity contribution in [2.24, 2.45) is 5.73 Å². The topological polar surface area (TPSA) is 66.6 Å². The molecule has 1 aliphatic rings. The first-order valence-corrected chi connectivity index (χ1v) is 5.53. The average Bonchev–Trinajstić information content (AvgIpc) is 2.63. The standard InChI is InChI=1S/C12H15FN2O2/c13-9-3-1-8(2-4-9)6-15-7-10(14)5-11(15)12(16)17/h1-4,10-11H,5-7,14H2,(H,16,17). The van der Waals surface area contributed by atoms with Crippen LogP contribution < -0.4 is 5.73 Å². The van der Waals surface area contributed by atoms with Crippen molar-refractivity contribution in [1.29, 1.82) is 0 Å². The van der Waals surface area contributed by atoms with E-state index in [2.05, 4.69) is 0 Å². The molecule has 0 aromatic heterocycles. The van der Waals surface area contributed by atoms with E-state index in [1.54, 1.807) is 12.1 Å². The minimum Gasteiger partial charge on any atom is -0.480 e. The molecule has 0 radical (unpaired) electrons. The Morgan fingerprint density at radius 1 is 1.47 bits per heavy atom. The molecule has 1 fully saturated rings. The molecule has 1 saturated heterocycles. The molecule has 0 amide bonds. The summed E-state index contributed by atoms with van der Waals surface area (Å²) < 4.78 is 12.7. The fourth-order valence-electron chi connectivity index (χ4n) is 2.19. The summed E-state index contributed by atoms with van der Waals surface area (Å²) in [4.78, 5) is 12.9. The summed E-state index contributed by atoms with van der Waals surface area (Å²) >= 11 is 0. The summed E-state index contributed by atoms with van der Waals surface area (Å²) in [5.74, 6) is -1.14. The van der Waals surface area contributed by atoms with Gasteiger partial charge in [-0.15, -0.1) is 0 Å². The first-order valence-electron chi connectivity index (χ1n) is 5.53. The Labute approximate surface area is 98.8 Å². The number of hydrogen-bond acceptors (Lipinski definition) is 3. The first kappa shape index (κ1) is 12.0. The van der Waals surface area contributed by atoms with Gasteiger partial charge in [0.2, 0.25) is 0 Å². The van der Waals surface area contributed by atoms with E-state index in [0.29, 0.717) is 19.5 Å². The maximum absolute atomic E-state index is 12.7. The Bertz CT molecular complexity index is 407. The molecule has 2 unspecified atom stereocenters. The van der Waals surface area contributed by atoms with E-state index in [-0.39, 0.29) is 11.9 Å². The second-order valence-corrected chi connectivity index (χ2v) is 4.41. The van der Waals surface area contributed by atoms with Crippen LogP contribution in [-0.4, -0.2) is 34.6 Å². The van der Waals surface area contributed by atoms with E-state index in [9.17, 15) is 9.18 Å². The minimum absolute atomic E-state index is 0.100. The largest absolute Gasteiger partial charge is 0.480 e. The number of carboxylic acids is 1. The Kier molecular flexibility index (Phi) is 3.40. The van der Waals surface area contributed by atoms with E-state index in [4.69, 9.17) is 10.8 Å². The molecule has 0 spiro atoms. The number of halogens is 1. The molecule has 5 heteroatoms. The zero-order chi connectivity index (χ0) is 12.4. The number of nitrogens with two attached hydrogens (primary N) is 1. The van der Waals surface area contributed by atoms with Gasteiger partial charge in [0.1, 0.15) is 11.9 Å². The van der Waals surface area contributed by atoms with Gasteiger partial charge in [0.15, 0.2) is 0 Å². The summed E-state index contributed by atoms with van der Waals surface area (Å²) in [5.41, 5.74) is 6.66. The maximum Gasteiger partial charge on any atom is 0.320 e. The molecule has 0 aliphatic carbocycles. The number of aliphatic carboxylic acids is 1. The van der Waals surface area contributed by atoms with Gasteiger partial charge in [0.25, 0.3) is 0 Å². The maximum atomic E-state index is 12.7. The van der Waals surface area contributed by atoms with E-state index >= 15 is 0 Å². The van der Waals surface area contributed by atoms with Gasteiger partial charge in [-0.05, 0) is 24.1 Å². The number of carbonyl (C=O) groups is 1. The number of benzene rings is 1. The molecule has 1 aromatic rings. The Balaban J connectivity index is 2.07. The van der Waals surface area contributed by atoms with Crippen molar-refractivity contribution in [2.45, 2.75) is 25.0 Å². The minimum atomic E-state index is -0.847. The molecule has 0 bridgehead atoms.